The van der Waals surface area contributed by atoms with Crippen LogP contribution in [0.1, 0.15) is 35.1 Å². The molecule has 1 aromatic heterocycles. The molecule has 0 saturated carbocycles. The first-order valence-electron chi connectivity index (χ1n) is 9.41. The van der Waals surface area contributed by atoms with Crippen molar-refractivity contribution in [2.24, 2.45) is 0 Å². The third kappa shape index (κ3) is 5.10. The first-order chi connectivity index (χ1) is 14.2. The number of aryl methyl sites for hydroxylation is 1. The van der Waals surface area contributed by atoms with E-state index in [-0.39, 0.29) is 29.6 Å². The molecular formula is C21H23N3O4S2. The Bertz CT molecular complexity index is 1180. The summed E-state index contributed by atoms with van der Waals surface area (Å²) in [6, 6.07) is 11.4. The number of ketones is 1. The zero-order valence-corrected chi connectivity index (χ0v) is 18.6. The molecule has 0 aliphatic rings. The van der Waals surface area contributed by atoms with Crippen molar-refractivity contribution in [2.45, 2.75) is 31.6 Å². The van der Waals surface area contributed by atoms with Crippen LogP contribution in [0.3, 0.4) is 0 Å². The van der Waals surface area contributed by atoms with Gasteiger partial charge in [-0.05, 0) is 50.6 Å². The highest BCUT2D eigenvalue weighted by molar-refractivity contribution is 7.89. The van der Waals surface area contributed by atoms with E-state index in [0.29, 0.717) is 17.7 Å². The molecule has 3 aromatic rings. The fraction of sp³-hybridized carbons (Fsp3) is 0.286. The monoisotopic (exact) mass is 445 g/mol. The van der Waals surface area contributed by atoms with Crippen LogP contribution in [-0.4, -0.2) is 43.0 Å². The lowest BCUT2D eigenvalue weighted by atomic mass is 10.2. The summed E-state index contributed by atoms with van der Waals surface area (Å²) in [7, 11) is -2.20. The van der Waals surface area contributed by atoms with Gasteiger partial charge in [0.05, 0.1) is 20.1 Å². The highest BCUT2D eigenvalue weighted by Crippen LogP contribution is 2.25. The number of fused-ring (bicyclic) bond motifs is 1. The molecule has 0 aliphatic carbocycles. The van der Waals surface area contributed by atoms with Gasteiger partial charge in [0.2, 0.25) is 15.9 Å². The Labute approximate surface area is 179 Å². The van der Waals surface area contributed by atoms with Gasteiger partial charge < -0.3 is 5.32 Å². The quantitative estimate of drug-likeness (QED) is 0.531. The Morgan fingerprint density at radius 2 is 1.83 bits per heavy atom. The smallest absolute Gasteiger partial charge is 0.242 e. The highest BCUT2D eigenvalue weighted by Gasteiger charge is 2.20. The van der Waals surface area contributed by atoms with Gasteiger partial charge in [-0.15, -0.1) is 11.3 Å². The number of nitrogens with one attached hydrogen (secondary N) is 1. The maximum Gasteiger partial charge on any atom is 0.242 e. The van der Waals surface area contributed by atoms with Gasteiger partial charge in [0.25, 0.3) is 0 Å². The largest absolute Gasteiger partial charge is 0.326 e. The summed E-state index contributed by atoms with van der Waals surface area (Å²) >= 11 is 1.56. The summed E-state index contributed by atoms with van der Waals surface area (Å²) in [5, 5.41) is 3.81. The molecule has 0 radical (unpaired) electrons. The van der Waals surface area contributed by atoms with Crippen LogP contribution in [0.2, 0.25) is 0 Å². The van der Waals surface area contributed by atoms with Gasteiger partial charge >= 0.3 is 0 Å². The van der Waals surface area contributed by atoms with E-state index in [1.807, 2.05) is 19.1 Å². The molecule has 0 spiro atoms. The number of rotatable bonds is 8. The fourth-order valence-corrected chi connectivity index (χ4v) is 5.04. The second-order valence-corrected chi connectivity index (χ2v) is 10.3. The van der Waals surface area contributed by atoms with Crippen LogP contribution in [0.5, 0.6) is 0 Å². The van der Waals surface area contributed by atoms with E-state index in [1.165, 1.54) is 42.5 Å². The van der Waals surface area contributed by atoms with E-state index in [2.05, 4.69) is 10.3 Å². The number of carbonyl (C=O) groups excluding carboxylic acids is 2. The predicted molar refractivity (Wildman–Crippen MR) is 118 cm³/mol. The zero-order valence-electron chi connectivity index (χ0n) is 17.0. The number of benzene rings is 2. The van der Waals surface area contributed by atoms with Gasteiger partial charge in [0.15, 0.2) is 5.78 Å². The summed E-state index contributed by atoms with van der Waals surface area (Å²) in [6.45, 7) is 3.57. The lowest BCUT2D eigenvalue weighted by molar-refractivity contribution is -0.116. The first kappa shape index (κ1) is 22.1. The average Bonchev–Trinajstić information content (AvgIpc) is 3.07. The van der Waals surface area contributed by atoms with Crippen molar-refractivity contribution < 1.29 is 18.0 Å². The maximum absolute atomic E-state index is 12.6. The predicted octanol–water partition coefficient (Wildman–Crippen LogP) is 3.85. The molecule has 158 valence electrons. The van der Waals surface area contributed by atoms with Crippen LogP contribution in [0.25, 0.3) is 10.2 Å². The van der Waals surface area contributed by atoms with E-state index in [0.717, 1.165) is 15.2 Å². The van der Waals surface area contributed by atoms with Gasteiger partial charge in [-0.2, -0.15) is 0 Å². The molecule has 1 amide bonds. The Balaban J connectivity index is 1.53. The SMILES string of the molecule is CC(=O)c1ccc(S(=O)(=O)N(C)CCCC(=O)Nc2ccc3nc(C)sc3c2)cc1. The number of hydrogen-bond acceptors (Lipinski definition) is 6. The van der Waals surface area contributed by atoms with E-state index < -0.39 is 10.0 Å². The topological polar surface area (TPSA) is 96.4 Å². The molecule has 30 heavy (non-hydrogen) atoms. The van der Waals surface area contributed by atoms with Crippen LogP contribution in [0.15, 0.2) is 47.4 Å². The van der Waals surface area contributed by atoms with Gasteiger partial charge in [0.1, 0.15) is 0 Å². The van der Waals surface area contributed by atoms with Gasteiger partial charge in [-0.25, -0.2) is 17.7 Å². The van der Waals surface area contributed by atoms with Crippen molar-refractivity contribution in [3.63, 3.8) is 0 Å². The van der Waals surface area contributed by atoms with Gasteiger partial charge in [0, 0.05) is 31.3 Å². The van der Waals surface area contributed by atoms with Crippen LogP contribution < -0.4 is 5.32 Å². The van der Waals surface area contributed by atoms with E-state index in [1.54, 1.807) is 17.4 Å². The van der Waals surface area contributed by atoms with Gasteiger partial charge in [-0.3, -0.25) is 9.59 Å². The second kappa shape index (κ2) is 9.03. The molecule has 0 bridgehead atoms. The summed E-state index contributed by atoms with van der Waals surface area (Å²) in [6.07, 6.45) is 0.581. The minimum absolute atomic E-state index is 0.118. The molecule has 0 aliphatic heterocycles. The molecule has 3 rings (SSSR count). The molecule has 9 heteroatoms. The van der Waals surface area contributed by atoms with Crippen molar-refractivity contribution in [3.8, 4) is 0 Å². The number of nitrogens with zero attached hydrogens (tertiary/aromatic N) is 2. The second-order valence-electron chi connectivity index (χ2n) is 6.97. The van der Waals surface area contributed by atoms with E-state index in [9.17, 15) is 18.0 Å². The highest BCUT2D eigenvalue weighted by atomic mass is 32.2. The minimum atomic E-state index is -3.68. The number of amides is 1. The third-order valence-corrected chi connectivity index (χ3v) is 7.43. The van der Waals surface area contributed by atoms with Crippen LogP contribution in [0.4, 0.5) is 5.69 Å². The van der Waals surface area contributed by atoms with Crippen LogP contribution >= 0.6 is 11.3 Å². The molecule has 0 unspecified atom stereocenters. The number of Topliss-reactive ketones (excluding diaryl/α,β-unsaturated/α-hetero) is 1. The Morgan fingerprint density at radius 3 is 2.50 bits per heavy atom. The Morgan fingerprint density at radius 1 is 1.13 bits per heavy atom. The number of hydrogen-bond donors (Lipinski definition) is 1. The number of anilines is 1. The van der Waals surface area contributed by atoms with Crippen molar-refractivity contribution in [1.29, 1.82) is 0 Å². The zero-order chi connectivity index (χ0) is 21.9. The molecule has 1 N–H and O–H groups in total. The average molecular weight is 446 g/mol. The number of thiazole rings is 1. The summed E-state index contributed by atoms with van der Waals surface area (Å²) in [4.78, 5) is 28.1. The molecule has 0 saturated heterocycles. The summed E-state index contributed by atoms with van der Waals surface area (Å²) in [5.41, 5.74) is 2.06. The fourth-order valence-electron chi connectivity index (χ4n) is 2.97. The molecule has 2 aromatic carbocycles. The van der Waals surface area contributed by atoms with E-state index in [4.69, 9.17) is 0 Å². The van der Waals surface area contributed by atoms with Crippen molar-refractivity contribution in [1.82, 2.24) is 9.29 Å². The Kier molecular flexibility index (Phi) is 6.64. The Hall–Kier alpha value is -2.62. The van der Waals surface area contributed by atoms with Crippen molar-refractivity contribution in [2.75, 3.05) is 18.9 Å². The number of aromatic nitrogens is 1. The molecular weight excluding hydrogens is 422 g/mol. The van der Waals surface area contributed by atoms with Crippen molar-refractivity contribution in [3.05, 3.63) is 53.0 Å². The number of carbonyl (C=O) groups is 2. The molecule has 0 atom stereocenters. The molecule has 0 fully saturated rings. The van der Waals surface area contributed by atoms with Crippen LogP contribution in [0, 0.1) is 6.92 Å². The lowest BCUT2D eigenvalue weighted by Gasteiger charge is -2.17. The van der Waals surface area contributed by atoms with Crippen LogP contribution in [-0.2, 0) is 14.8 Å². The van der Waals surface area contributed by atoms with E-state index >= 15 is 0 Å². The lowest BCUT2D eigenvalue weighted by Crippen LogP contribution is -2.28. The third-order valence-electron chi connectivity index (χ3n) is 4.62. The maximum atomic E-state index is 12.6. The van der Waals surface area contributed by atoms with Crippen molar-refractivity contribution >= 4 is 49.0 Å². The standard InChI is InChI=1S/C21H23N3O4S2/c1-14(25)16-6-9-18(10-7-16)30(27,28)24(3)12-4-5-21(26)23-17-8-11-19-20(13-17)29-15(2)22-19/h6-11,13H,4-5,12H2,1-3H3,(H,23,26). The molecule has 7 nitrogen and oxygen atoms in total. The first-order valence-corrected chi connectivity index (χ1v) is 11.7. The minimum Gasteiger partial charge on any atom is -0.326 e. The van der Waals surface area contributed by atoms with Gasteiger partial charge in [-0.1, -0.05) is 12.1 Å². The number of sulfonamides is 1. The normalized spacial score (nSPS) is 11.7. The summed E-state index contributed by atoms with van der Waals surface area (Å²) < 4.78 is 27.5. The molecule has 1 heterocycles. The summed E-state index contributed by atoms with van der Waals surface area (Å²) in [5.74, 6) is -0.296.